The fourth-order valence-electron chi connectivity index (χ4n) is 3.10. The van der Waals surface area contributed by atoms with Crippen molar-refractivity contribution < 1.29 is 14.3 Å². The van der Waals surface area contributed by atoms with E-state index in [9.17, 15) is 9.59 Å². The molecule has 2 aliphatic rings. The van der Waals surface area contributed by atoms with E-state index < -0.39 is 0 Å². The molecule has 1 heterocycles. The summed E-state index contributed by atoms with van der Waals surface area (Å²) in [4.78, 5) is 26.2. The smallest absolute Gasteiger partial charge is 0.315 e. The van der Waals surface area contributed by atoms with Gasteiger partial charge < -0.3 is 20.3 Å². The van der Waals surface area contributed by atoms with Crippen LogP contribution in [0.1, 0.15) is 42.6 Å². The molecule has 1 aliphatic heterocycles. The van der Waals surface area contributed by atoms with Gasteiger partial charge in [0.05, 0.1) is 12.2 Å². The second-order valence-corrected chi connectivity index (χ2v) is 7.17. The standard InChI is InChI=1S/C19H27N3O3/c1-13-11-22(12-14(2)25-13)18(23)17-7-5-16(6-8-17)10-21-19(24)20-9-15-3-4-15/h5-8,13-15H,3-4,9-12H2,1-2H3,(H2,20,21,24)/t13-,14-/m1/s1. The maximum atomic E-state index is 12.6. The van der Waals surface area contributed by atoms with E-state index in [1.165, 1.54) is 12.8 Å². The summed E-state index contributed by atoms with van der Waals surface area (Å²) in [5.74, 6) is 0.699. The van der Waals surface area contributed by atoms with Crippen LogP contribution in [0, 0.1) is 5.92 Å². The predicted octanol–water partition coefficient (Wildman–Crippen LogP) is 2.15. The van der Waals surface area contributed by atoms with Crippen LogP contribution in [-0.4, -0.2) is 48.7 Å². The summed E-state index contributed by atoms with van der Waals surface area (Å²) in [6.45, 7) is 6.42. The Hall–Kier alpha value is -2.08. The Morgan fingerprint density at radius 2 is 1.72 bits per heavy atom. The molecule has 0 aromatic heterocycles. The van der Waals surface area contributed by atoms with Gasteiger partial charge in [-0.05, 0) is 50.3 Å². The molecule has 0 spiro atoms. The van der Waals surface area contributed by atoms with Crippen molar-refractivity contribution in [1.82, 2.24) is 15.5 Å². The summed E-state index contributed by atoms with van der Waals surface area (Å²) in [5, 5.41) is 5.72. The van der Waals surface area contributed by atoms with Gasteiger partial charge in [-0.15, -0.1) is 0 Å². The fourth-order valence-corrected chi connectivity index (χ4v) is 3.10. The number of benzene rings is 1. The number of hydrogen-bond acceptors (Lipinski definition) is 3. The molecule has 1 saturated heterocycles. The Morgan fingerprint density at radius 1 is 1.08 bits per heavy atom. The molecule has 2 fully saturated rings. The number of nitrogens with one attached hydrogen (secondary N) is 2. The first-order chi connectivity index (χ1) is 12.0. The van der Waals surface area contributed by atoms with E-state index in [1.807, 2.05) is 43.0 Å². The minimum absolute atomic E-state index is 0.0312. The van der Waals surface area contributed by atoms with E-state index in [4.69, 9.17) is 4.74 Å². The van der Waals surface area contributed by atoms with Crippen LogP contribution in [0.25, 0.3) is 0 Å². The maximum absolute atomic E-state index is 12.6. The molecule has 1 saturated carbocycles. The first-order valence-corrected chi connectivity index (χ1v) is 9.06. The summed E-state index contributed by atoms with van der Waals surface area (Å²) in [7, 11) is 0. The van der Waals surface area contributed by atoms with Crippen molar-refractivity contribution in [3.8, 4) is 0 Å². The zero-order valence-corrected chi connectivity index (χ0v) is 15.0. The van der Waals surface area contributed by atoms with E-state index in [0.717, 1.165) is 12.1 Å². The molecule has 3 amide bonds. The molecular weight excluding hydrogens is 318 g/mol. The van der Waals surface area contributed by atoms with Crippen LogP contribution in [0.15, 0.2) is 24.3 Å². The van der Waals surface area contributed by atoms with Crippen molar-refractivity contribution in [2.45, 2.75) is 45.4 Å². The molecule has 1 aliphatic carbocycles. The molecular formula is C19H27N3O3. The number of carbonyl (C=O) groups excluding carboxylic acids is 2. The van der Waals surface area contributed by atoms with Crippen LogP contribution >= 0.6 is 0 Å². The number of amides is 3. The molecule has 25 heavy (non-hydrogen) atoms. The Kier molecular flexibility index (Phi) is 5.58. The van der Waals surface area contributed by atoms with E-state index in [0.29, 0.717) is 31.1 Å². The van der Waals surface area contributed by atoms with Gasteiger partial charge >= 0.3 is 6.03 Å². The molecule has 1 aromatic rings. The second-order valence-electron chi connectivity index (χ2n) is 7.17. The van der Waals surface area contributed by atoms with Crippen molar-refractivity contribution in [1.29, 1.82) is 0 Å². The number of ether oxygens (including phenoxy) is 1. The first kappa shape index (κ1) is 17.7. The maximum Gasteiger partial charge on any atom is 0.315 e. The van der Waals surface area contributed by atoms with Crippen LogP contribution in [0.3, 0.4) is 0 Å². The van der Waals surface area contributed by atoms with Crippen molar-refractivity contribution in [2.75, 3.05) is 19.6 Å². The molecule has 6 heteroatoms. The van der Waals surface area contributed by atoms with Crippen LogP contribution in [0.5, 0.6) is 0 Å². The van der Waals surface area contributed by atoms with E-state index >= 15 is 0 Å². The third kappa shape index (κ3) is 5.19. The highest BCUT2D eigenvalue weighted by Gasteiger charge is 2.26. The summed E-state index contributed by atoms with van der Waals surface area (Å²) < 4.78 is 5.67. The van der Waals surface area contributed by atoms with Gasteiger partial charge in [-0.25, -0.2) is 4.79 Å². The fraction of sp³-hybridized carbons (Fsp3) is 0.579. The molecule has 3 rings (SSSR count). The van der Waals surface area contributed by atoms with Crippen LogP contribution in [0.4, 0.5) is 4.79 Å². The lowest BCUT2D eigenvalue weighted by Gasteiger charge is -2.35. The van der Waals surface area contributed by atoms with Crippen molar-refractivity contribution >= 4 is 11.9 Å². The molecule has 136 valence electrons. The predicted molar refractivity (Wildman–Crippen MR) is 95.3 cm³/mol. The lowest BCUT2D eigenvalue weighted by Crippen LogP contribution is -2.48. The molecule has 2 atom stereocenters. The number of carbonyl (C=O) groups is 2. The minimum atomic E-state index is -0.136. The molecule has 6 nitrogen and oxygen atoms in total. The van der Waals surface area contributed by atoms with Gasteiger partial charge in [0.1, 0.15) is 0 Å². The van der Waals surface area contributed by atoms with Gasteiger partial charge in [-0.3, -0.25) is 4.79 Å². The van der Waals surface area contributed by atoms with E-state index in [2.05, 4.69) is 10.6 Å². The van der Waals surface area contributed by atoms with Gasteiger partial charge in [0.2, 0.25) is 0 Å². The average molecular weight is 345 g/mol. The largest absolute Gasteiger partial charge is 0.372 e. The third-order valence-corrected chi connectivity index (χ3v) is 4.61. The number of urea groups is 1. The highest BCUT2D eigenvalue weighted by atomic mass is 16.5. The molecule has 2 N–H and O–H groups in total. The summed E-state index contributed by atoms with van der Waals surface area (Å²) in [6.07, 6.45) is 2.56. The normalized spacial score (nSPS) is 23.2. The third-order valence-electron chi connectivity index (χ3n) is 4.61. The summed E-state index contributed by atoms with van der Waals surface area (Å²) in [6, 6.07) is 7.30. The monoisotopic (exact) mass is 345 g/mol. The zero-order chi connectivity index (χ0) is 17.8. The average Bonchev–Trinajstić information content (AvgIpc) is 3.41. The Morgan fingerprint density at radius 3 is 2.32 bits per heavy atom. The Bertz CT molecular complexity index is 603. The topological polar surface area (TPSA) is 70.7 Å². The highest BCUT2D eigenvalue weighted by molar-refractivity contribution is 5.94. The lowest BCUT2D eigenvalue weighted by atomic mass is 10.1. The molecule has 0 radical (unpaired) electrons. The van der Waals surface area contributed by atoms with Crippen LogP contribution < -0.4 is 10.6 Å². The number of morpholine rings is 1. The number of rotatable bonds is 5. The first-order valence-electron chi connectivity index (χ1n) is 9.06. The van der Waals surface area contributed by atoms with E-state index in [-0.39, 0.29) is 24.1 Å². The summed E-state index contributed by atoms with van der Waals surface area (Å²) >= 11 is 0. The zero-order valence-electron chi connectivity index (χ0n) is 15.0. The summed E-state index contributed by atoms with van der Waals surface area (Å²) in [5.41, 5.74) is 1.64. The van der Waals surface area contributed by atoms with Crippen LogP contribution in [-0.2, 0) is 11.3 Å². The number of nitrogens with zero attached hydrogens (tertiary/aromatic N) is 1. The van der Waals surface area contributed by atoms with Gasteiger partial charge in [0.25, 0.3) is 5.91 Å². The van der Waals surface area contributed by atoms with Gasteiger partial charge in [-0.2, -0.15) is 0 Å². The van der Waals surface area contributed by atoms with Crippen molar-refractivity contribution in [3.05, 3.63) is 35.4 Å². The lowest BCUT2D eigenvalue weighted by molar-refractivity contribution is -0.0586. The number of hydrogen-bond donors (Lipinski definition) is 2. The van der Waals surface area contributed by atoms with Crippen molar-refractivity contribution in [3.63, 3.8) is 0 Å². The van der Waals surface area contributed by atoms with Gasteiger partial charge in [-0.1, -0.05) is 12.1 Å². The Balaban J connectivity index is 1.49. The highest BCUT2D eigenvalue weighted by Crippen LogP contribution is 2.27. The van der Waals surface area contributed by atoms with Crippen molar-refractivity contribution in [2.24, 2.45) is 5.92 Å². The van der Waals surface area contributed by atoms with Gasteiger partial charge in [0.15, 0.2) is 0 Å². The quantitative estimate of drug-likeness (QED) is 0.859. The molecule has 0 bridgehead atoms. The minimum Gasteiger partial charge on any atom is -0.372 e. The van der Waals surface area contributed by atoms with E-state index in [1.54, 1.807) is 0 Å². The second kappa shape index (κ2) is 7.87. The van der Waals surface area contributed by atoms with Crippen LogP contribution in [0.2, 0.25) is 0 Å². The molecule has 0 unspecified atom stereocenters. The SMILES string of the molecule is C[C@@H]1CN(C(=O)c2ccc(CNC(=O)NCC3CC3)cc2)C[C@@H](C)O1. The Labute approximate surface area is 148 Å². The van der Waals surface area contributed by atoms with Gasteiger partial charge in [0, 0.05) is 31.7 Å². The molecule has 1 aromatic carbocycles.